The summed E-state index contributed by atoms with van der Waals surface area (Å²) in [5.74, 6) is 0. The number of imidazole rings is 1. The van der Waals surface area contributed by atoms with E-state index in [1.165, 1.54) is 25.1 Å². The third-order valence-corrected chi connectivity index (χ3v) is 5.37. The molecule has 1 aromatic heterocycles. The predicted molar refractivity (Wildman–Crippen MR) is 88.1 cm³/mol. The van der Waals surface area contributed by atoms with Crippen molar-refractivity contribution >= 4 is 21.6 Å². The summed E-state index contributed by atoms with van der Waals surface area (Å²) in [4.78, 5) is 9.25. The maximum absolute atomic E-state index is 4.23. The average Bonchev–Trinajstić information content (AvgIpc) is 3.03. The van der Waals surface area contributed by atoms with Crippen LogP contribution in [0.25, 0.3) is 5.69 Å². The first-order valence-corrected chi connectivity index (χ1v) is 8.22. The van der Waals surface area contributed by atoms with Crippen LogP contribution in [0.4, 0.5) is 5.69 Å². The first kappa shape index (κ1) is 13.3. The van der Waals surface area contributed by atoms with Gasteiger partial charge in [0.1, 0.15) is 10.9 Å². The van der Waals surface area contributed by atoms with E-state index in [9.17, 15) is 0 Å². The SMILES string of the molecule is CN1CCCC12CN(c1cccc(-n3cnc(Br)c3)c1)C2. The van der Waals surface area contributed by atoms with Crippen molar-refractivity contribution in [1.82, 2.24) is 14.5 Å². The van der Waals surface area contributed by atoms with Gasteiger partial charge in [0.2, 0.25) is 0 Å². The van der Waals surface area contributed by atoms with E-state index in [2.05, 4.69) is 62.0 Å². The van der Waals surface area contributed by atoms with Crippen LogP contribution < -0.4 is 4.90 Å². The van der Waals surface area contributed by atoms with E-state index in [1.807, 2.05) is 17.1 Å². The molecule has 0 unspecified atom stereocenters. The van der Waals surface area contributed by atoms with Gasteiger partial charge >= 0.3 is 0 Å². The van der Waals surface area contributed by atoms with Gasteiger partial charge in [0.05, 0.1) is 5.54 Å². The molecule has 2 aliphatic rings. The normalized spacial score (nSPS) is 21.0. The van der Waals surface area contributed by atoms with E-state index in [0.29, 0.717) is 5.54 Å². The second-order valence-corrected chi connectivity index (χ2v) is 7.04. The number of halogens is 1. The fourth-order valence-corrected chi connectivity index (χ4v) is 3.92. The van der Waals surface area contributed by atoms with Crippen molar-refractivity contribution in [2.45, 2.75) is 18.4 Å². The van der Waals surface area contributed by atoms with Crippen LogP contribution in [-0.4, -0.2) is 46.7 Å². The second kappa shape index (κ2) is 4.85. The van der Waals surface area contributed by atoms with Gasteiger partial charge in [0, 0.05) is 30.7 Å². The number of rotatable bonds is 2. The fourth-order valence-electron chi connectivity index (χ4n) is 3.61. The third-order valence-electron chi connectivity index (χ3n) is 4.96. The summed E-state index contributed by atoms with van der Waals surface area (Å²) < 4.78 is 2.91. The molecule has 4 nitrogen and oxygen atoms in total. The number of hydrogen-bond donors (Lipinski definition) is 0. The van der Waals surface area contributed by atoms with Crippen LogP contribution in [0.1, 0.15) is 12.8 Å². The van der Waals surface area contributed by atoms with Crippen LogP contribution in [0.15, 0.2) is 41.4 Å². The monoisotopic (exact) mass is 346 g/mol. The van der Waals surface area contributed by atoms with Crippen molar-refractivity contribution in [1.29, 1.82) is 0 Å². The lowest BCUT2D eigenvalue weighted by atomic mass is 9.86. The molecule has 0 radical (unpaired) electrons. The molecule has 0 atom stereocenters. The highest BCUT2D eigenvalue weighted by Crippen LogP contribution is 2.39. The van der Waals surface area contributed by atoms with E-state index in [4.69, 9.17) is 0 Å². The van der Waals surface area contributed by atoms with Crippen molar-refractivity contribution in [3.05, 3.63) is 41.4 Å². The van der Waals surface area contributed by atoms with Gasteiger partial charge in [-0.1, -0.05) is 6.07 Å². The molecule has 2 aliphatic heterocycles. The number of likely N-dealkylation sites (tertiary alicyclic amines) is 1. The minimum Gasteiger partial charge on any atom is -0.368 e. The van der Waals surface area contributed by atoms with Crippen molar-refractivity contribution < 1.29 is 0 Å². The summed E-state index contributed by atoms with van der Waals surface area (Å²) in [7, 11) is 2.27. The zero-order chi connectivity index (χ0) is 14.4. The summed E-state index contributed by atoms with van der Waals surface area (Å²) >= 11 is 3.40. The lowest BCUT2D eigenvalue weighted by Gasteiger charge is -2.53. The molecule has 0 N–H and O–H groups in total. The Morgan fingerprint density at radius 1 is 1.24 bits per heavy atom. The number of anilines is 1. The molecule has 2 saturated heterocycles. The molecule has 5 heteroatoms. The molecule has 21 heavy (non-hydrogen) atoms. The van der Waals surface area contributed by atoms with Crippen LogP contribution in [0.5, 0.6) is 0 Å². The summed E-state index contributed by atoms with van der Waals surface area (Å²) in [6, 6.07) is 8.70. The molecule has 0 saturated carbocycles. The second-order valence-electron chi connectivity index (χ2n) is 6.23. The van der Waals surface area contributed by atoms with E-state index >= 15 is 0 Å². The largest absolute Gasteiger partial charge is 0.368 e. The molecular formula is C16H19BrN4. The van der Waals surface area contributed by atoms with Crippen molar-refractivity contribution in [2.24, 2.45) is 0 Å². The molecule has 1 aromatic carbocycles. The van der Waals surface area contributed by atoms with E-state index in [1.54, 1.807) is 0 Å². The highest BCUT2D eigenvalue weighted by molar-refractivity contribution is 9.10. The highest BCUT2D eigenvalue weighted by atomic mass is 79.9. The van der Waals surface area contributed by atoms with Gasteiger partial charge < -0.3 is 9.47 Å². The quantitative estimate of drug-likeness (QED) is 0.835. The Bertz CT molecular complexity index is 660. The Balaban J connectivity index is 1.55. The van der Waals surface area contributed by atoms with Crippen molar-refractivity contribution in [3.8, 4) is 5.69 Å². The summed E-state index contributed by atoms with van der Waals surface area (Å²) in [6.45, 7) is 3.55. The van der Waals surface area contributed by atoms with Crippen LogP contribution in [-0.2, 0) is 0 Å². The van der Waals surface area contributed by atoms with Gasteiger partial charge in [0.25, 0.3) is 0 Å². The molecule has 3 heterocycles. The van der Waals surface area contributed by atoms with Gasteiger partial charge in [-0.3, -0.25) is 4.90 Å². The standard InChI is InChI=1S/C16H19BrN4/c1-19-7-3-6-16(19)10-21(11-16)14-5-2-4-13(8-14)20-9-15(17)18-12-20/h2,4-5,8-9,12H,3,6-7,10-11H2,1H3. The molecule has 2 aromatic rings. The minimum absolute atomic E-state index is 0.439. The first-order chi connectivity index (χ1) is 10.2. The van der Waals surface area contributed by atoms with E-state index in [0.717, 1.165) is 23.4 Å². The van der Waals surface area contributed by atoms with Gasteiger partial charge in [-0.25, -0.2) is 4.98 Å². The number of nitrogens with zero attached hydrogens (tertiary/aromatic N) is 4. The molecule has 1 spiro atoms. The Hall–Kier alpha value is -1.33. The van der Waals surface area contributed by atoms with Crippen LogP contribution in [0.3, 0.4) is 0 Å². The van der Waals surface area contributed by atoms with Crippen molar-refractivity contribution in [2.75, 3.05) is 31.6 Å². The van der Waals surface area contributed by atoms with E-state index in [-0.39, 0.29) is 0 Å². The topological polar surface area (TPSA) is 24.3 Å². The Morgan fingerprint density at radius 2 is 2.05 bits per heavy atom. The molecular weight excluding hydrogens is 328 g/mol. The van der Waals surface area contributed by atoms with Crippen molar-refractivity contribution in [3.63, 3.8) is 0 Å². The maximum Gasteiger partial charge on any atom is 0.124 e. The van der Waals surface area contributed by atoms with Gasteiger partial charge in [-0.15, -0.1) is 0 Å². The number of likely N-dealkylation sites (N-methyl/N-ethyl adjacent to an activating group) is 1. The molecule has 4 rings (SSSR count). The zero-order valence-corrected chi connectivity index (χ0v) is 13.8. The predicted octanol–water partition coefficient (Wildman–Crippen LogP) is 2.92. The lowest BCUT2D eigenvalue weighted by Crippen LogP contribution is -2.67. The highest BCUT2D eigenvalue weighted by Gasteiger charge is 2.48. The van der Waals surface area contributed by atoms with Crippen LogP contribution in [0.2, 0.25) is 0 Å². The molecule has 0 amide bonds. The maximum atomic E-state index is 4.23. The minimum atomic E-state index is 0.439. The van der Waals surface area contributed by atoms with Gasteiger partial charge in [0.15, 0.2) is 0 Å². The Labute approximate surface area is 133 Å². The number of hydrogen-bond acceptors (Lipinski definition) is 3. The van der Waals surface area contributed by atoms with Gasteiger partial charge in [-0.2, -0.15) is 0 Å². The third kappa shape index (κ3) is 2.19. The molecule has 2 fully saturated rings. The smallest absolute Gasteiger partial charge is 0.124 e. The molecule has 0 bridgehead atoms. The Morgan fingerprint density at radius 3 is 2.71 bits per heavy atom. The Kier molecular flexibility index (Phi) is 3.08. The lowest BCUT2D eigenvalue weighted by molar-refractivity contribution is 0.133. The van der Waals surface area contributed by atoms with Crippen LogP contribution >= 0.6 is 15.9 Å². The molecule has 0 aliphatic carbocycles. The summed E-state index contributed by atoms with van der Waals surface area (Å²) in [5.41, 5.74) is 2.91. The fraction of sp³-hybridized carbons (Fsp3) is 0.438. The van der Waals surface area contributed by atoms with Gasteiger partial charge in [-0.05, 0) is 60.6 Å². The summed E-state index contributed by atoms with van der Waals surface area (Å²) in [5, 5.41) is 0. The average molecular weight is 347 g/mol. The zero-order valence-electron chi connectivity index (χ0n) is 12.2. The first-order valence-electron chi connectivity index (χ1n) is 7.42. The number of benzene rings is 1. The van der Waals surface area contributed by atoms with E-state index < -0.39 is 0 Å². The molecule has 110 valence electrons. The van der Waals surface area contributed by atoms with Crippen LogP contribution in [0, 0.1) is 0 Å². The summed E-state index contributed by atoms with van der Waals surface area (Å²) in [6.07, 6.45) is 6.51. The number of aromatic nitrogens is 2.